The SMILES string of the molecule is Brc1ccc(-c2cc(-c3ccc(Br)s3)c3nsnc3c2)s1. The lowest BCUT2D eigenvalue weighted by Gasteiger charge is -2.03. The summed E-state index contributed by atoms with van der Waals surface area (Å²) in [5, 5.41) is 0. The van der Waals surface area contributed by atoms with Crippen molar-refractivity contribution in [3.63, 3.8) is 0 Å². The summed E-state index contributed by atoms with van der Waals surface area (Å²) in [7, 11) is 0. The summed E-state index contributed by atoms with van der Waals surface area (Å²) in [6.07, 6.45) is 0. The molecule has 0 saturated heterocycles. The Kier molecular flexibility index (Phi) is 3.71. The molecule has 4 aromatic rings. The third kappa shape index (κ3) is 2.61. The third-order valence-corrected chi connectivity index (χ3v) is 6.93. The van der Waals surface area contributed by atoms with Gasteiger partial charge in [0.05, 0.1) is 19.3 Å². The molecule has 0 aliphatic carbocycles. The van der Waals surface area contributed by atoms with Gasteiger partial charge < -0.3 is 0 Å². The van der Waals surface area contributed by atoms with Gasteiger partial charge in [0, 0.05) is 15.3 Å². The highest BCUT2D eigenvalue weighted by molar-refractivity contribution is 9.11. The molecule has 3 aromatic heterocycles. The minimum atomic E-state index is 0.960. The summed E-state index contributed by atoms with van der Waals surface area (Å²) in [4.78, 5) is 2.44. The van der Waals surface area contributed by atoms with E-state index in [1.54, 1.807) is 22.7 Å². The maximum atomic E-state index is 4.46. The lowest BCUT2D eigenvalue weighted by atomic mass is 10.1. The summed E-state index contributed by atoms with van der Waals surface area (Å²) < 4.78 is 11.1. The third-order valence-electron chi connectivity index (χ3n) is 3.06. The Labute approximate surface area is 150 Å². The van der Waals surface area contributed by atoms with Gasteiger partial charge in [-0.05, 0) is 73.8 Å². The molecule has 0 aliphatic rings. The van der Waals surface area contributed by atoms with Gasteiger partial charge in [-0.2, -0.15) is 8.75 Å². The van der Waals surface area contributed by atoms with E-state index in [-0.39, 0.29) is 0 Å². The first-order valence-electron chi connectivity index (χ1n) is 5.98. The van der Waals surface area contributed by atoms with Crippen LogP contribution < -0.4 is 0 Å². The van der Waals surface area contributed by atoms with Gasteiger partial charge in [-0.25, -0.2) is 0 Å². The molecule has 4 rings (SSSR count). The fourth-order valence-electron chi connectivity index (χ4n) is 2.15. The summed E-state index contributed by atoms with van der Waals surface area (Å²) in [6.45, 7) is 0. The zero-order valence-corrected chi connectivity index (χ0v) is 16.0. The van der Waals surface area contributed by atoms with E-state index >= 15 is 0 Å². The van der Waals surface area contributed by atoms with Crippen molar-refractivity contribution in [3.05, 3.63) is 44.0 Å². The molecule has 0 amide bonds. The molecule has 0 spiro atoms. The largest absolute Gasteiger partial charge is 0.173 e. The van der Waals surface area contributed by atoms with Gasteiger partial charge >= 0.3 is 0 Å². The molecule has 3 heterocycles. The predicted octanol–water partition coefficient (Wildman–Crippen LogP) is 6.67. The Morgan fingerprint density at radius 2 is 1.52 bits per heavy atom. The molecule has 0 N–H and O–H groups in total. The number of thiophene rings is 2. The molecule has 0 fully saturated rings. The van der Waals surface area contributed by atoms with Gasteiger partial charge in [-0.3, -0.25) is 0 Å². The number of hydrogen-bond acceptors (Lipinski definition) is 5. The zero-order valence-electron chi connectivity index (χ0n) is 10.3. The van der Waals surface area contributed by atoms with Crippen LogP contribution in [0.15, 0.2) is 44.0 Å². The van der Waals surface area contributed by atoms with E-state index in [1.165, 1.54) is 27.0 Å². The lowest BCUT2D eigenvalue weighted by Crippen LogP contribution is -1.81. The highest BCUT2D eigenvalue weighted by Crippen LogP contribution is 2.39. The average Bonchev–Trinajstić information content (AvgIpc) is 3.17. The van der Waals surface area contributed by atoms with Crippen LogP contribution in [0.25, 0.3) is 31.9 Å². The molecule has 0 atom stereocenters. The molecule has 0 radical (unpaired) electrons. The standard InChI is InChI=1S/C14H6Br2N2S3/c15-12-3-1-10(19-12)7-5-8(11-2-4-13(16)20-11)14-9(6-7)17-21-18-14/h1-6H. The number of hydrogen-bond donors (Lipinski definition) is 0. The van der Waals surface area contributed by atoms with Crippen LogP contribution in [0.3, 0.4) is 0 Å². The number of benzene rings is 1. The first kappa shape index (κ1) is 14.0. The fourth-order valence-corrected chi connectivity index (χ4v) is 5.47. The van der Waals surface area contributed by atoms with E-state index in [0.717, 1.165) is 24.2 Å². The van der Waals surface area contributed by atoms with Gasteiger partial charge in [-0.1, -0.05) is 0 Å². The van der Waals surface area contributed by atoms with E-state index < -0.39 is 0 Å². The molecule has 2 nitrogen and oxygen atoms in total. The van der Waals surface area contributed by atoms with E-state index in [0.29, 0.717) is 0 Å². The molecule has 0 aliphatic heterocycles. The zero-order chi connectivity index (χ0) is 14.4. The summed E-state index contributed by atoms with van der Waals surface area (Å²) in [5.74, 6) is 0. The molecule has 0 bridgehead atoms. The molecular formula is C14H6Br2N2S3. The van der Waals surface area contributed by atoms with Gasteiger partial charge in [0.25, 0.3) is 0 Å². The minimum absolute atomic E-state index is 0.960. The number of halogens is 2. The van der Waals surface area contributed by atoms with Gasteiger partial charge in [0.15, 0.2) is 0 Å². The molecule has 1 aromatic carbocycles. The van der Waals surface area contributed by atoms with E-state index in [1.807, 2.05) is 0 Å². The Morgan fingerprint density at radius 1 is 0.810 bits per heavy atom. The highest BCUT2D eigenvalue weighted by Gasteiger charge is 2.13. The molecular weight excluding hydrogens is 452 g/mol. The van der Waals surface area contributed by atoms with Gasteiger partial charge in [0.2, 0.25) is 0 Å². The number of aromatic nitrogens is 2. The maximum absolute atomic E-state index is 4.46. The first-order chi connectivity index (χ1) is 10.2. The van der Waals surface area contributed by atoms with Crippen molar-refractivity contribution >= 4 is 77.3 Å². The van der Waals surface area contributed by atoms with Crippen LogP contribution in [-0.4, -0.2) is 8.75 Å². The lowest BCUT2D eigenvalue weighted by molar-refractivity contribution is 1.63. The second-order valence-corrected chi connectivity index (χ2v) is 9.82. The van der Waals surface area contributed by atoms with Crippen molar-refractivity contribution in [1.29, 1.82) is 0 Å². The smallest absolute Gasteiger partial charge is 0.113 e. The first-order valence-corrected chi connectivity index (χ1v) is 9.93. The van der Waals surface area contributed by atoms with Crippen LogP contribution >= 0.6 is 66.3 Å². The second-order valence-electron chi connectivity index (χ2n) is 4.36. The number of rotatable bonds is 2. The highest BCUT2D eigenvalue weighted by atomic mass is 79.9. The van der Waals surface area contributed by atoms with Crippen LogP contribution in [-0.2, 0) is 0 Å². The van der Waals surface area contributed by atoms with Gasteiger partial charge in [-0.15, -0.1) is 22.7 Å². The van der Waals surface area contributed by atoms with Crippen molar-refractivity contribution in [2.45, 2.75) is 0 Å². The van der Waals surface area contributed by atoms with Crippen LogP contribution in [0.4, 0.5) is 0 Å². The predicted molar refractivity (Wildman–Crippen MR) is 99.4 cm³/mol. The Hall–Kier alpha value is -0.600. The summed E-state index contributed by atoms with van der Waals surface area (Å²) >= 11 is 11.8. The van der Waals surface area contributed by atoms with Gasteiger partial charge in [0.1, 0.15) is 11.0 Å². The normalized spacial score (nSPS) is 11.3. The summed E-state index contributed by atoms with van der Waals surface area (Å²) in [5.41, 5.74) is 4.28. The van der Waals surface area contributed by atoms with Crippen LogP contribution in [0.2, 0.25) is 0 Å². The molecule has 0 saturated carbocycles. The van der Waals surface area contributed by atoms with Crippen molar-refractivity contribution in [1.82, 2.24) is 8.75 Å². The minimum Gasteiger partial charge on any atom is -0.173 e. The maximum Gasteiger partial charge on any atom is 0.113 e. The number of fused-ring (bicyclic) bond motifs is 1. The Bertz CT molecular complexity index is 939. The monoisotopic (exact) mass is 456 g/mol. The molecule has 0 unspecified atom stereocenters. The Balaban J connectivity index is 1.98. The van der Waals surface area contributed by atoms with Crippen LogP contribution in [0.1, 0.15) is 0 Å². The topological polar surface area (TPSA) is 25.8 Å². The van der Waals surface area contributed by atoms with E-state index in [4.69, 9.17) is 0 Å². The molecule has 21 heavy (non-hydrogen) atoms. The quantitative estimate of drug-likeness (QED) is 0.335. The fraction of sp³-hybridized carbons (Fsp3) is 0. The van der Waals surface area contributed by atoms with E-state index in [9.17, 15) is 0 Å². The van der Waals surface area contributed by atoms with Crippen molar-refractivity contribution in [2.24, 2.45) is 0 Å². The Morgan fingerprint density at radius 3 is 2.19 bits per heavy atom. The molecule has 104 valence electrons. The van der Waals surface area contributed by atoms with Crippen molar-refractivity contribution in [2.75, 3.05) is 0 Å². The van der Waals surface area contributed by atoms with Crippen LogP contribution in [0, 0.1) is 0 Å². The average molecular weight is 458 g/mol. The van der Waals surface area contributed by atoms with Crippen LogP contribution in [0.5, 0.6) is 0 Å². The number of nitrogens with zero attached hydrogens (tertiary/aromatic N) is 2. The molecule has 7 heteroatoms. The van der Waals surface area contributed by atoms with Crippen molar-refractivity contribution < 1.29 is 0 Å². The van der Waals surface area contributed by atoms with E-state index in [2.05, 4.69) is 77.0 Å². The van der Waals surface area contributed by atoms with Crippen molar-refractivity contribution in [3.8, 4) is 20.9 Å². The second kappa shape index (κ2) is 5.55. The summed E-state index contributed by atoms with van der Waals surface area (Å²) in [6, 6.07) is 12.7.